The average Bonchev–Trinajstić information content (AvgIpc) is 3.01. The number of nitrogens with zero attached hydrogens (tertiary/aromatic N) is 1. The fourth-order valence-corrected chi connectivity index (χ4v) is 4.12. The van der Waals surface area contributed by atoms with Gasteiger partial charge in [0.05, 0.1) is 19.1 Å². The Labute approximate surface area is 189 Å². The summed E-state index contributed by atoms with van der Waals surface area (Å²) in [6.07, 6.45) is 1.69. The minimum absolute atomic E-state index is 0.0586. The summed E-state index contributed by atoms with van der Waals surface area (Å²) in [6.45, 7) is 1.26. The predicted octanol–water partition coefficient (Wildman–Crippen LogP) is 3.75. The van der Waals surface area contributed by atoms with Crippen LogP contribution < -0.4 is 14.8 Å². The number of carbonyl (C=O) groups is 3. The molecule has 2 amide bonds. The zero-order valence-corrected chi connectivity index (χ0v) is 18.8. The van der Waals surface area contributed by atoms with E-state index in [9.17, 15) is 14.4 Å². The van der Waals surface area contributed by atoms with Crippen molar-refractivity contribution >= 4 is 57.7 Å². The minimum Gasteiger partial charge on any atom is -0.493 e. The van der Waals surface area contributed by atoms with Gasteiger partial charge in [-0.15, -0.1) is 0 Å². The molecule has 1 aliphatic heterocycles. The minimum atomic E-state index is -0.390. The highest BCUT2D eigenvalue weighted by atomic mass is 32.2. The summed E-state index contributed by atoms with van der Waals surface area (Å²) in [5, 5.41) is 2.71. The number of thiocarbonyl (C=S) groups is 1. The maximum absolute atomic E-state index is 12.8. The lowest BCUT2D eigenvalue weighted by molar-refractivity contribution is -0.126. The third kappa shape index (κ3) is 5.31. The van der Waals surface area contributed by atoms with Crippen LogP contribution in [-0.4, -0.2) is 47.6 Å². The Morgan fingerprint density at radius 3 is 2.39 bits per heavy atom. The first-order valence-electron chi connectivity index (χ1n) is 9.20. The first-order valence-corrected chi connectivity index (χ1v) is 10.4. The normalized spacial score (nSPS) is 14.7. The summed E-state index contributed by atoms with van der Waals surface area (Å²) in [6, 6.07) is 11.8. The van der Waals surface area contributed by atoms with E-state index in [1.165, 1.54) is 18.9 Å². The van der Waals surface area contributed by atoms with Crippen molar-refractivity contribution in [3.05, 3.63) is 58.5 Å². The van der Waals surface area contributed by atoms with Crippen molar-refractivity contribution in [3.63, 3.8) is 0 Å². The molecule has 160 valence electrons. The van der Waals surface area contributed by atoms with E-state index in [2.05, 4.69) is 5.32 Å². The van der Waals surface area contributed by atoms with Gasteiger partial charge in [0.1, 0.15) is 10.9 Å². The van der Waals surface area contributed by atoms with E-state index in [1.807, 2.05) is 0 Å². The number of ether oxygens (including phenoxy) is 2. The van der Waals surface area contributed by atoms with E-state index in [4.69, 9.17) is 21.7 Å². The lowest BCUT2D eigenvalue weighted by atomic mass is 10.1. The number of hydrogen-bond acceptors (Lipinski definition) is 7. The molecule has 0 bridgehead atoms. The number of benzene rings is 2. The van der Waals surface area contributed by atoms with E-state index in [1.54, 1.807) is 55.7 Å². The maximum Gasteiger partial charge on any atom is 0.266 e. The highest BCUT2D eigenvalue weighted by Gasteiger charge is 2.33. The Bertz CT molecular complexity index is 1080. The molecule has 2 aromatic rings. The second kappa shape index (κ2) is 9.76. The zero-order chi connectivity index (χ0) is 22.5. The third-order valence-corrected chi connectivity index (χ3v) is 5.83. The smallest absolute Gasteiger partial charge is 0.266 e. The summed E-state index contributed by atoms with van der Waals surface area (Å²) in [5.41, 5.74) is 1.82. The summed E-state index contributed by atoms with van der Waals surface area (Å²) in [4.78, 5) is 38.2. The lowest BCUT2D eigenvalue weighted by Gasteiger charge is -2.14. The summed E-state index contributed by atoms with van der Waals surface area (Å²) < 4.78 is 10.8. The molecule has 9 heteroatoms. The molecule has 1 heterocycles. The number of methoxy groups -OCH3 is 2. The van der Waals surface area contributed by atoms with Crippen molar-refractivity contribution in [2.24, 2.45) is 0 Å². The van der Waals surface area contributed by atoms with Gasteiger partial charge in [-0.3, -0.25) is 19.3 Å². The molecule has 7 nitrogen and oxygen atoms in total. The van der Waals surface area contributed by atoms with Gasteiger partial charge in [0.25, 0.3) is 5.91 Å². The van der Waals surface area contributed by atoms with Crippen LogP contribution in [0.4, 0.5) is 5.69 Å². The molecule has 1 fully saturated rings. The number of ketones is 1. The fourth-order valence-electron chi connectivity index (χ4n) is 2.86. The molecule has 3 rings (SSSR count). The molecule has 1 saturated heterocycles. The van der Waals surface area contributed by atoms with E-state index in [0.29, 0.717) is 32.0 Å². The number of hydrogen-bond donors (Lipinski definition) is 1. The van der Waals surface area contributed by atoms with Crippen LogP contribution in [0.5, 0.6) is 11.5 Å². The standard InChI is InChI=1S/C22H20N2O5S2/c1-13(25)15-5-7-16(8-6-15)23-20(26)12-24-21(27)19(31-22(24)30)11-14-4-9-17(28-2)18(10-14)29-3/h4-11H,12H2,1-3H3,(H,23,26). The molecule has 1 aliphatic rings. The largest absolute Gasteiger partial charge is 0.493 e. The first kappa shape index (κ1) is 22.5. The van der Waals surface area contributed by atoms with Crippen LogP contribution in [0.2, 0.25) is 0 Å². The number of amides is 2. The SMILES string of the molecule is COc1ccc(C=C2SC(=S)N(CC(=O)Nc3ccc(C(C)=O)cc3)C2=O)cc1OC. The van der Waals surface area contributed by atoms with Crippen LogP contribution in [0.15, 0.2) is 47.4 Å². The molecule has 0 saturated carbocycles. The van der Waals surface area contributed by atoms with Crippen molar-refractivity contribution in [2.75, 3.05) is 26.1 Å². The Balaban J connectivity index is 1.69. The van der Waals surface area contributed by atoms with Gasteiger partial charge in [0.2, 0.25) is 5.91 Å². The summed E-state index contributed by atoms with van der Waals surface area (Å²) in [5.74, 6) is 0.338. The average molecular weight is 457 g/mol. The number of nitrogens with one attached hydrogen (secondary N) is 1. The topological polar surface area (TPSA) is 84.9 Å². The van der Waals surface area contributed by atoms with E-state index in [-0.39, 0.29) is 24.1 Å². The zero-order valence-electron chi connectivity index (χ0n) is 17.1. The van der Waals surface area contributed by atoms with Crippen LogP contribution in [0.3, 0.4) is 0 Å². The number of rotatable bonds is 7. The molecule has 0 atom stereocenters. The number of carbonyl (C=O) groups excluding carboxylic acids is 3. The van der Waals surface area contributed by atoms with Crippen LogP contribution >= 0.6 is 24.0 Å². The van der Waals surface area contributed by atoms with Gasteiger partial charge < -0.3 is 14.8 Å². The molecule has 0 aliphatic carbocycles. The van der Waals surface area contributed by atoms with Gasteiger partial charge in [-0.25, -0.2) is 0 Å². The highest BCUT2D eigenvalue weighted by molar-refractivity contribution is 8.26. The van der Waals surface area contributed by atoms with Crippen molar-refractivity contribution in [3.8, 4) is 11.5 Å². The second-order valence-electron chi connectivity index (χ2n) is 6.56. The second-order valence-corrected chi connectivity index (χ2v) is 8.24. The Kier molecular flexibility index (Phi) is 7.09. The molecule has 1 N–H and O–H groups in total. The summed E-state index contributed by atoms with van der Waals surface area (Å²) in [7, 11) is 3.08. The Morgan fingerprint density at radius 1 is 1.10 bits per heavy atom. The quantitative estimate of drug-likeness (QED) is 0.386. The van der Waals surface area contributed by atoms with Crippen LogP contribution in [0.25, 0.3) is 6.08 Å². The van der Waals surface area contributed by atoms with Crippen LogP contribution in [0, 0.1) is 0 Å². The van der Waals surface area contributed by atoms with Gasteiger partial charge in [-0.05, 0) is 55.0 Å². The fraction of sp³-hybridized carbons (Fsp3) is 0.182. The van der Waals surface area contributed by atoms with E-state index < -0.39 is 0 Å². The lowest BCUT2D eigenvalue weighted by Crippen LogP contribution is -2.36. The van der Waals surface area contributed by atoms with Gasteiger partial charge in [0, 0.05) is 11.3 Å². The van der Waals surface area contributed by atoms with E-state index >= 15 is 0 Å². The van der Waals surface area contributed by atoms with Crippen molar-refractivity contribution in [1.82, 2.24) is 4.90 Å². The van der Waals surface area contributed by atoms with Gasteiger partial charge in [0.15, 0.2) is 17.3 Å². The Morgan fingerprint density at radius 2 is 1.77 bits per heavy atom. The van der Waals surface area contributed by atoms with Crippen molar-refractivity contribution in [2.45, 2.75) is 6.92 Å². The van der Waals surface area contributed by atoms with Crippen LogP contribution in [0.1, 0.15) is 22.8 Å². The molecule has 2 aromatic carbocycles. The third-order valence-electron chi connectivity index (χ3n) is 4.46. The maximum atomic E-state index is 12.8. The first-order chi connectivity index (χ1) is 14.8. The highest BCUT2D eigenvalue weighted by Crippen LogP contribution is 2.34. The number of thioether (sulfide) groups is 1. The van der Waals surface area contributed by atoms with Crippen LogP contribution in [-0.2, 0) is 9.59 Å². The van der Waals surface area contributed by atoms with E-state index in [0.717, 1.165) is 17.3 Å². The van der Waals surface area contributed by atoms with Crippen molar-refractivity contribution in [1.29, 1.82) is 0 Å². The molecule has 31 heavy (non-hydrogen) atoms. The Hall–Kier alpha value is -3.17. The predicted molar refractivity (Wildman–Crippen MR) is 125 cm³/mol. The van der Waals surface area contributed by atoms with Gasteiger partial charge >= 0.3 is 0 Å². The molecule has 0 aromatic heterocycles. The number of anilines is 1. The monoisotopic (exact) mass is 456 g/mol. The molecular weight excluding hydrogens is 436 g/mol. The molecular formula is C22H20N2O5S2. The molecule has 0 spiro atoms. The van der Waals surface area contributed by atoms with Crippen molar-refractivity contribution < 1.29 is 23.9 Å². The van der Waals surface area contributed by atoms with Gasteiger partial charge in [-0.2, -0.15) is 0 Å². The molecule has 0 radical (unpaired) electrons. The van der Waals surface area contributed by atoms with Gasteiger partial charge in [-0.1, -0.05) is 30.0 Å². The number of Topliss-reactive ketones (excluding diaryl/α,β-unsaturated/α-hetero) is 1. The summed E-state index contributed by atoms with van der Waals surface area (Å²) >= 11 is 6.43. The molecule has 0 unspecified atom stereocenters.